The standard InChI is InChI=1S/C14H21ClN2O3S/c1-17(9-7-11-3-5-12(15)6-4-11)14(18)13(16)8-10-21(2,19)20/h3-6,13H,7-10,16H2,1-2H3. The van der Waals surface area contributed by atoms with Gasteiger partial charge in [-0.2, -0.15) is 0 Å². The highest BCUT2D eigenvalue weighted by Crippen LogP contribution is 2.10. The molecule has 1 unspecified atom stereocenters. The van der Waals surface area contributed by atoms with Crippen LogP contribution >= 0.6 is 11.6 Å². The van der Waals surface area contributed by atoms with Crippen LogP contribution in [-0.4, -0.2) is 50.9 Å². The lowest BCUT2D eigenvalue weighted by atomic mass is 10.1. The maximum absolute atomic E-state index is 12.0. The van der Waals surface area contributed by atoms with E-state index >= 15 is 0 Å². The Morgan fingerprint density at radius 3 is 2.43 bits per heavy atom. The normalized spacial score (nSPS) is 13.0. The summed E-state index contributed by atoms with van der Waals surface area (Å²) in [4.78, 5) is 13.5. The topological polar surface area (TPSA) is 80.5 Å². The number of hydrogen-bond donors (Lipinski definition) is 1. The molecule has 1 aromatic rings. The molecular formula is C14H21ClN2O3S. The van der Waals surface area contributed by atoms with Gasteiger partial charge in [0.25, 0.3) is 0 Å². The molecule has 1 amide bonds. The molecule has 0 spiro atoms. The van der Waals surface area contributed by atoms with Crippen molar-refractivity contribution in [1.29, 1.82) is 0 Å². The molecule has 0 heterocycles. The van der Waals surface area contributed by atoms with Gasteiger partial charge in [0.05, 0.1) is 11.8 Å². The van der Waals surface area contributed by atoms with E-state index in [9.17, 15) is 13.2 Å². The third-order valence-electron chi connectivity index (χ3n) is 3.14. The Bertz CT molecular complexity index is 572. The Morgan fingerprint density at radius 1 is 1.33 bits per heavy atom. The van der Waals surface area contributed by atoms with Gasteiger partial charge in [-0.1, -0.05) is 23.7 Å². The van der Waals surface area contributed by atoms with Crippen LogP contribution in [0.2, 0.25) is 5.02 Å². The van der Waals surface area contributed by atoms with Crippen molar-refractivity contribution < 1.29 is 13.2 Å². The average molecular weight is 333 g/mol. The minimum Gasteiger partial charge on any atom is -0.344 e. The zero-order chi connectivity index (χ0) is 16.0. The van der Waals surface area contributed by atoms with E-state index in [4.69, 9.17) is 17.3 Å². The second kappa shape index (κ2) is 7.77. The number of nitrogens with zero attached hydrogens (tertiary/aromatic N) is 1. The van der Waals surface area contributed by atoms with Gasteiger partial charge in [-0.3, -0.25) is 4.79 Å². The molecule has 118 valence electrons. The molecule has 0 aliphatic carbocycles. The molecule has 0 fully saturated rings. The average Bonchev–Trinajstić information content (AvgIpc) is 2.42. The van der Waals surface area contributed by atoms with Gasteiger partial charge in [-0.25, -0.2) is 8.42 Å². The maximum atomic E-state index is 12.0. The van der Waals surface area contributed by atoms with Crippen molar-refractivity contribution in [2.75, 3.05) is 25.6 Å². The zero-order valence-electron chi connectivity index (χ0n) is 12.3. The molecule has 7 heteroatoms. The van der Waals surface area contributed by atoms with Gasteiger partial charge in [-0.15, -0.1) is 0 Å². The van der Waals surface area contributed by atoms with Gasteiger partial charge < -0.3 is 10.6 Å². The summed E-state index contributed by atoms with van der Waals surface area (Å²) in [6, 6.07) is 6.64. The van der Waals surface area contributed by atoms with E-state index in [0.29, 0.717) is 18.0 Å². The number of sulfone groups is 1. The van der Waals surface area contributed by atoms with Crippen LogP contribution in [0.5, 0.6) is 0 Å². The third-order valence-corrected chi connectivity index (χ3v) is 4.37. The highest BCUT2D eigenvalue weighted by molar-refractivity contribution is 7.90. The van der Waals surface area contributed by atoms with Crippen molar-refractivity contribution in [3.63, 3.8) is 0 Å². The van der Waals surface area contributed by atoms with Crippen molar-refractivity contribution >= 4 is 27.3 Å². The fourth-order valence-electron chi connectivity index (χ4n) is 1.81. The number of carbonyl (C=O) groups is 1. The quantitative estimate of drug-likeness (QED) is 0.811. The molecule has 21 heavy (non-hydrogen) atoms. The number of likely N-dealkylation sites (N-methyl/N-ethyl adjacent to an activating group) is 1. The summed E-state index contributed by atoms with van der Waals surface area (Å²) in [5.41, 5.74) is 6.81. The van der Waals surface area contributed by atoms with Gasteiger partial charge >= 0.3 is 0 Å². The van der Waals surface area contributed by atoms with Gasteiger partial charge in [0.2, 0.25) is 5.91 Å². The van der Waals surface area contributed by atoms with E-state index in [1.807, 2.05) is 12.1 Å². The SMILES string of the molecule is CN(CCc1ccc(Cl)cc1)C(=O)C(N)CCS(C)(=O)=O. The minimum absolute atomic E-state index is 0.0784. The Hall–Kier alpha value is -1.11. The first-order chi connectivity index (χ1) is 9.69. The lowest BCUT2D eigenvalue weighted by molar-refractivity contribution is -0.131. The Labute approximate surface area is 131 Å². The van der Waals surface area contributed by atoms with Crippen molar-refractivity contribution in [3.05, 3.63) is 34.9 Å². The second-order valence-corrected chi connectivity index (χ2v) is 7.86. The summed E-state index contributed by atoms with van der Waals surface area (Å²) < 4.78 is 22.2. The van der Waals surface area contributed by atoms with Gasteiger partial charge in [-0.05, 0) is 30.5 Å². The van der Waals surface area contributed by atoms with Crippen molar-refractivity contribution in [2.45, 2.75) is 18.9 Å². The van der Waals surface area contributed by atoms with Crippen molar-refractivity contribution in [2.24, 2.45) is 5.73 Å². The van der Waals surface area contributed by atoms with E-state index in [1.54, 1.807) is 19.2 Å². The largest absolute Gasteiger partial charge is 0.344 e. The number of hydrogen-bond acceptors (Lipinski definition) is 4. The molecule has 2 N–H and O–H groups in total. The molecule has 0 aliphatic heterocycles. The van der Waals surface area contributed by atoms with E-state index < -0.39 is 15.9 Å². The summed E-state index contributed by atoms with van der Waals surface area (Å²) in [6.45, 7) is 0.521. The highest BCUT2D eigenvalue weighted by Gasteiger charge is 2.19. The van der Waals surface area contributed by atoms with Gasteiger partial charge in [0.15, 0.2) is 0 Å². The summed E-state index contributed by atoms with van der Waals surface area (Å²) in [5, 5.41) is 0.672. The predicted molar refractivity (Wildman–Crippen MR) is 85.1 cm³/mol. The Morgan fingerprint density at radius 2 is 1.90 bits per heavy atom. The fraction of sp³-hybridized carbons (Fsp3) is 0.500. The monoisotopic (exact) mass is 332 g/mol. The van der Waals surface area contributed by atoms with Crippen LogP contribution in [0.25, 0.3) is 0 Å². The van der Waals surface area contributed by atoms with E-state index in [1.165, 1.54) is 4.90 Å². The molecule has 1 aromatic carbocycles. The summed E-state index contributed by atoms with van der Waals surface area (Å²) in [6.07, 6.45) is 1.97. The molecular weight excluding hydrogens is 312 g/mol. The minimum atomic E-state index is -3.10. The number of halogens is 1. The molecule has 0 saturated carbocycles. The molecule has 1 rings (SSSR count). The smallest absolute Gasteiger partial charge is 0.239 e. The van der Waals surface area contributed by atoms with Gasteiger partial charge in [0.1, 0.15) is 9.84 Å². The number of rotatable bonds is 7. The third kappa shape index (κ3) is 6.93. The highest BCUT2D eigenvalue weighted by atomic mass is 35.5. The molecule has 0 aromatic heterocycles. The Balaban J connectivity index is 2.45. The Kier molecular flexibility index (Phi) is 6.64. The summed E-state index contributed by atoms with van der Waals surface area (Å²) in [7, 11) is -1.44. The van der Waals surface area contributed by atoms with Crippen molar-refractivity contribution in [3.8, 4) is 0 Å². The first-order valence-electron chi connectivity index (χ1n) is 6.62. The number of amides is 1. The van der Waals surface area contributed by atoms with Crippen molar-refractivity contribution in [1.82, 2.24) is 4.90 Å². The van der Waals surface area contributed by atoms with E-state index in [0.717, 1.165) is 11.8 Å². The summed E-state index contributed by atoms with van der Waals surface area (Å²) >= 11 is 5.81. The van der Waals surface area contributed by atoms with E-state index in [2.05, 4.69) is 0 Å². The molecule has 0 aliphatic rings. The van der Waals surface area contributed by atoms with Crippen LogP contribution in [0.1, 0.15) is 12.0 Å². The van der Waals surface area contributed by atoms with Crippen LogP contribution in [-0.2, 0) is 21.1 Å². The van der Waals surface area contributed by atoms with Crippen LogP contribution in [0, 0.1) is 0 Å². The first-order valence-corrected chi connectivity index (χ1v) is 9.05. The van der Waals surface area contributed by atoms with Crippen LogP contribution in [0.15, 0.2) is 24.3 Å². The lowest BCUT2D eigenvalue weighted by Gasteiger charge is -2.21. The fourth-order valence-corrected chi connectivity index (χ4v) is 2.61. The number of nitrogens with two attached hydrogens (primary N) is 1. The molecule has 1 atom stereocenters. The molecule has 5 nitrogen and oxygen atoms in total. The zero-order valence-corrected chi connectivity index (χ0v) is 13.8. The number of benzene rings is 1. The summed E-state index contributed by atoms with van der Waals surface area (Å²) in [5.74, 6) is -0.321. The maximum Gasteiger partial charge on any atom is 0.239 e. The first kappa shape index (κ1) is 17.9. The lowest BCUT2D eigenvalue weighted by Crippen LogP contribution is -2.43. The second-order valence-electron chi connectivity index (χ2n) is 5.16. The molecule has 0 radical (unpaired) electrons. The predicted octanol–water partition coefficient (Wildman–Crippen LogP) is 1.10. The molecule has 0 saturated heterocycles. The van der Waals surface area contributed by atoms with Crippen LogP contribution in [0.4, 0.5) is 0 Å². The van der Waals surface area contributed by atoms with Crippen LogP contribution < -0.4 is 5.73 Å². The number of carbonyl (C=O) groups excluding carboxylic acids is 1. The van der Waals surface area contributed by atoms with Crippen LogP contribution in [0.3, 0.4) is 0 Å². The van der Waals surface area contributed by atoms with E-state index in [-0.39, 0.29) is 18.1 Å². The molecule has 0 bridgehead atoms. The van der Waals surface area contributed by atoms with Gasteiger partial charge in [0, 0.05) is 24.9 Å².